The molecule has 0 saturated carbocycles. The number of benzene rings is 1. The minimum atomic E-state index is -0.0827. The van der Waals surface area contributed by atoms with Gasteiger partial charge < -0.3 is 15.6 Å². The molecule has 3 N–H and O–H groups in total. The van der Waals surface area contributed by atoms with Gasteiger partial charge in [-0.05, 0) is 44.0 Å². The normalized spacial score (nSPS) is 12.1. The van der Waals surface area contributed by atoms with E-state index in [1.807, 2.05) is 50.2 Å². The van der Waals surface area contributed by atoms with E-state index in [-0.39, 0.29) is 6.04 Å². The largest absolute Gasteiger partial charge is 0.368 e. The highest BCUT2D eigenvalue weighted by Crippen LogP contribution is 2.33. The van der Waals surface area contributed by atoms with Crippen molar-refractivity contribution in [2.75, 3.05) is 11.9 Å². The van der Waals surface area contributed by atoms with Crippen LogP contribution in [-0.4, -0.2) is 37.7 Å². The number of aromatic nitrogens is 5. The summed E-state index contributed by atoms with van der Waals surface area (Å²) in [5, 5.41) is 8.42. The Hall–Kier alpha value is -4.17. The van der Waals surface area contributed by atoms with Crippen LogP contribution in [0, 0.1) is 13.8 Å². The molecular weight excluding hydrogens is 426 g/mol. The van der Waals surface area contributed by atoms with Gasteiger partial charge in [-0.3, -0.25) is 9.97 Å². The third kappa shape index (κ3) is 4.35. The highest BCUT2D eigenvalue weighted by atomic mass is 16.5. The fourth-order valence-corrected chi connectivity index (χ4v) is 4.04. The molecule has 1 atom stereocenters. The van der Waals surface area contributed by atoms with Gasteiger partial charge in [0.05, 0.1) is 11.3 Å². The molecule has 0 amide bonds. The number of anilines is 1. The second kappa shape index (κ2) is 9.36. The molecule has 4 heterocycles. The molecule has 4 aromatic heterocycles. The van der Waals surface area contributed by atoms with Crippen LogP contribution in [0.3, 0.4) is 0 Å². The minimum Gasteiger partial charge on any atom is -0.368 e. The van der Waals surface area contributed by atoms with E-state index >= 15 is 0 Å². The average molecular weight is 452 g/mol. The molecule has 5 aromatic rings. The number of hydrogen-bond acceptors (Lipinski definition) is 8. The lowest BCUT2D eigenvalue weighted by Crippen LogP contribution is -2.31. The number of nitrogens with one attached hydrogen (secondary N) is 1. The fourth-order valence-electron chi connectivity index (χ4n) is 4.04. The van der Waals surface area contributed by atoms with Crippen molar-refractivity contribution in [1.29, 1.82) is 0 Å². The average Bonchev–Trinajstić information content (AvgIpc) is 3.20. The first-order valence-corrected chi connectivity index (χ1v) is 11.1. The van der Waals surface area contributed by atoms with Crippen LogP contribution in [-0.2, 0) is 6.42 Å². The number of nitrogens with zero attached hydrogens (tertiary/aromatic N) is 5. The summed E-state index contributed by atoms with van der Waals surface area (Å²) < 4.78 is 5.41. The third-order valence-electron chi connectivity index (χ3n) is 5.70. The van der Waals surface area contributed by atoms with E-state index in [1.54, 1.807) is 18.6 Å². The number of nitrogens with two attached hydrogens (primary N) is 1. The van der Waals surface area contributed by atoms with Crippen LogP contribution in [0.15, 0.2) is 71.6 Å². The Labute approximate surface area is 197 Å². The van der Waals surface area contributed by atoms with Crippen LogP contribution in [0.4, 0.5) is 5.82 Å². The van der Waals surface area contributed by atoms with E-state index in [0.717, 1.165) is 34.1 Å². The van der Waals surface area contributed by atoms with Crippen molar-refractivity contribution >= 4 is 16.7 Å². The molecule has 8 heteroatoms. The molecule has 1 aromatic carbocycles. The van der Waals surface area contributed by atoms with Crippen molar-refractivity contribution < 1.29 is 4.52 Å². The number of pyridine rings is 2. The molecule has 0 bridgehead atoms. The zero-order valence-electron chi connectivity index (χ0n) is 19.1. The predicted molar refractivity (Wildman–Crippen MR) is 132 cm³/mol. The zero-order chi connectivity index (χ0) is 23.5. The van der Waals surface area contributed by atoms with Gasteiger partial charge in [0.25, 0.3) is 0 Å². The molecule has 0 spiro atoms. The number of aryl methyl sites for hydroxylation is 2. The fraction of sp³-hybridized carbons (Fsp3) is 0.192. The van der Waals surface area contributed by atoms with Gasteiger partial charge in [-0.2, -0.15) is 0 Å². The molecule has 170 valence electrons. The van der Waals surface area contributed by atoms with E-state index in [4.69, 9.17) is 20.2 Å². The third-order valence-corrected chi connectivity index (χ3v) is 5.70. The molecule has 8 nitrogen and oxygen atoms in total. The highest BCUT2D eigenvalue weighted by molar-refractivity contribution is 5.99. The van der Waals surface area contributed by atoms with Gasteiger partial charge in [-0.25, -0.2) is 9.97 Å². The Kier molecular flexibility index (Phi) is 5.97. The van der Waals surface area contributed by atoms with E-state index < -0.39 is 0 Å². The number of fused-ring (bicyclic) bond motifs is 1. The minimum absolute atomic E-state index is 0.0827. The maximum Gasteiger partial charge on any atom is 0.162 e. The summed E-state index contributed by atoms with van der Waals surface area (Å²) in [6, 6.07) is 15.8. The van der Waals surface area contributed by atoms with Crippen molar-refractivity contribution in [3.8, 4) is 22.6 Å². The Morgan fingerprint density at radius 2 is 1.76 bits per heavy atom. The van der Waals surface area contributed by atoms with Crippen molar-refractivity contribution in [1.82, 2.24) is 25.1 Å². The van der Waals surface area contributed by atoms with Crippen LogP contribution >= 0.6 is 0 Å². The highest BCUT2D eigenvalue weighted by Gasteiger charge is 2.20. The standard InChI is InChI=1S/C26H25N7O/c1-16-22(17(2)34-33-16)24-23-21(10-13-29-24)26(32-25(31-23)19-8-11-28-12-9-19)30-15-20(27)14-18-6-4-3-5-7-18/h3-13,20H,14-15,27H2,1-2H3,(H,30,31,32). The molecule has 0 saturated heterocycles. The molecule has 0 fully saturated rings. The topological polar surface area (TPSA) is 116 Å². The van der Waals surface area contributed by atoms with Crippen LogP contribution in [0.2, 0.25) is 0 Å². The molecule has 0 aliphatic carbocycles. The first-order valence-electron chi connectivity index (χ1n) is 11.1. The molecule has 5 rings (SSSR count). The van der Waals surface area contributed by atoms with Gasteiger partial charge >= 0.3 is 0 Å². The molecule has 0 aliphatic rings. The Morgan fingerprint density at radius 3 is 2.50 bits per heavy atom. The summed E-state index contributed by atoms with van der Waals surface area (Å²) in [6.07, 6.45) is 5.97. The maximum atomic E-state index is 6.45. The van der Waals surface area contributed by atoms with E-state index in [2.05, 4.69) is 32.6 Å². The second-order valence-electron chi connectivity index (χ2n) is 8.22. The van der Waals surface area contributed by atoms with E-state index in [9.17, 15) is 0 Å². The smallest absolute Gasteiger partial charge is 0.162 e. The summed E-state index contributed by atoms with van der Waals surface area (Å²) in [4.78, 5) is 18.5. The summed E-state index contributed by atoms with van der Waals surface area (Å²) >= 11 is 0. The van der Waals surface area contributed by atoms with Crippen molar-refractivity contribution in [3.63, 3.8) is 0 Å². The Morgan fingerprint density at radius 1 is 0.971 bits per heavy atom. The van der Waals surface area contributed by atoms with Crippen molar-refractivity contribution in [2.45, 2.75) is 26.3 Å². The summed E-state index contributed by atoms with van der Waals surface area (Å²) in [5.74, 6) is 1.98. The van der Waals surface area contributed by atoms with Crippen LogP contribution in [0.5, 0.6) is 0 Å². The summed E-state index contributed by atoms with van der Waals surface area (Å²) in [7, 11) is 0. The number of rotatable bonds is 7. The zero-order valence-corrected chi connectivity index (χ0v) is 19.1. The molecule has 34 heavy (non-hydrogen) atoms. The van der Waals surface area contributed by atoms with E-state index in [0.29, 0.717) is 29.6 Å². The lowest BCUT2D eigenvalue weighted by molar-refractivity contribution is 0.393. The quantitative estimate of drug-likeness (QED) is 0.375. The SMILES string of the molecule is Cc1noc(C)c1-c1nccc2c(NCC(N)Cc3ccccc3)nc(-c3ccncc3)nc12. The van der Waals surface area contributed by atoms with Gasteiger partial charge in [0, 0.05) is 42.1 Å². The molecule has 1 unspecified atom stereocenters. The summed E-state index contributed by atoms with van der Waals surface area (Å²) in [6.45, 7) is 4.33. The van der Waals surface area contributed by atoms with Gasteiger partial charge in [-0.15, -0.1) is 0 Å². The van der Waals surface area contributed by atoms with Crippen molar-refractivity contribution in [3.05, 3.63) is 84.1 Å². The Bertz CT molecular complexity index is 1400. The lowest BCUT2D eigenvalue weighted by atomic mass is 10.1. The van der Waals surface area contributed by atoms with Crippen LogP contribution in [0.1, 0.15) is 17.0 Å². The van der Waals surface area contributed by atoms with Crippen LogP contribution < -0.4 is 11.1 Å². The first-order chi connectivity index (χ1) is 16.6. The van der Waals surface area contributed by atoms with Gasteiger partial charge in [0.2, 0.25) is 0 Å². The molecule has 0 radical (unpaired) electrons. The lowest BCUT2D eigenvalue weighted by Gasteiger charge is -2.16. The second-order valence-corrected chi connectivity index (χ2v) is 8.22. The number of hydrogen-bond donors (Lipinski definition) is 2. The van der Waals surface area contributed by atoms with Gasteiger partial charge in [-0.1, -0.05) is 35.5 Å². The first kappa shape index (κ1) is 21.7. The van der Waals surface area contributed by atoms with Crippen LogP contribution in [0.25, 0.3) is 33.5 Å². The van der Waals surface area contributed by atoms with E-state index in [1.165, 1.54) is 5.56 Å². The van der Waals surface area contributed by atoms with Gasteiger partial charge in [0.15, 0.2) is 5.82 Å². The maximum absolute atomic E-state index is 6.45. The Balaban J connectivity index is 1.57. The molecular formula is C26H25N7O. The summed E-state index contributed by atoms with van der Waals surface area (Å²) in [5.41, 5.74) is 11.6. The predicted octanol–water partition coefficient (Wildman–Crippen LogP) is 4.34. The molecule has 0 aliphatic heterocycles. The van der Waals surface area contributed by atoms with Crippen molar-refractivity contribution in [2.24, 2.45) is 5.73 Å². The van der Waals surface area contributed by atoms with Gasteiger partial charge in [0.1, 0.15) is 22.8 Å². The monoisotopic (exact) mass is 451 g/mol.